The van der Waals surface area contributed by atoms with Gasteiger partial charge in [0.25, 0.3) is 0 Å². The zero-order valence-electron chi connectivity index (χ0n) is 11.0. The molecule has 19 heavy (non-hydrogen) atoms. The number of hydrogen-bond donors (Lipinski definition) is 0. The van der Waals surface area contributed by atoms with Gasteiger partial charge >= 0.3 is 0 Å². The smallest absolute Gasteiger partial charge is 0.232 e. The first kappa shape index (κ1) is 14.7. The van der Waals surface area contributed by atoms with Gasteiger partial charge in [0.05, 0.1) is 12.4 Å². The molecule has 1 aliphatic rings. The number of carbonyl (C=O) groups is 1. The maximum Gasteiger partial charge on any atom is 0.232 e. The van der Waals surface area contributed by atoms with E-state index in [2.05, 4.69) is 0 Å². The van der Waals surface area contributed by atoms with E-state index in [9.17, 15) is 4.79 Å². The summed E-state index contributed by atoms with van der Waals surface area (Å²) in [6.45, 7) is 2.43. The van der Waals surface area contributed by atoms with Gasteiger partial charge < -0.3 is 9.64 Å². The van der Waals surface area contributed by atoms with Crippen LogP contribution in [0, 0.1) is 5.92 Å². The number of thioether (sulfide) groups is 1. The summed E-state index contributed by atoms with van der Waals surface area (Å²) in [7, 11) is 1.71. The van der Waals surface area contributed by atoms with Crippen molar-refractivity contribution >= 4 is 29.3 Å². The molecule has 0 aliphatic carbocycles. The number of hydrogen-bond acceptors (Lipinski definition) is 3. The maximum atomic E-state index is 12.1. The van der Waals surface area contributed by atoms with E-state index in [4.69, 9.17) is 16.3 Å². The molecule has 1 fully saturated rings. The predicted molar refractivity (Wildman–Crippen MR) is 78.7 cm³/mol. The fourth-order valence-electron chi connectivity index (χ4n) is 2.20. The van der Waals surface area contributed by atoms with Gasteiger partial charge in [-0.15, -0.1) is 11.8 Å². The van der Waals surface area contributed by atoms with Crippen LogP contribution in [0.15, 0.2) is 29.2 Å². The average Bonchev–Trinajstić information content (AvgIpc) is 2.87. The lowest BCUT2D eigenvalue weighted by Crippen LogP contribution is -2.30. The Balaban J connectivity index is 1.77. The zero-order valence-corrected chi connectivity index (χ0v) is 12.5. The number of halogens is 1. The molecule has 1 saturated heterocycles. The topological polar surface area (TPSA) is 29.5 Å². The highest BCUT2D eigenvalue weighted by molar-refractivity contribution is 8.00. The van der Waals surface area contributed by atoms with Gasteiger partial charge in [-0.25, -0.2) is 0 Å². The van der Waals surface area contributed by atoms with Gasteiger partial charge in [-0.1, -0.05) is 11.6 Å². The van der Waals surface area contributed by atoms with E-state index in [0.717, 1.165) is 36.0 Å². The van der Waals surface area contributed by atoms with Crippen LogP contribution in [-0.4, -0.2) is 43.4 Å². The number of benzene rings is 1. The third-order valence-corrected chi connectivity index (χ3v) is 4.47. The third-order valence-electron chi connectivity index (χ3n) is 3.22. The monoisotopic (exact) mass is 299 g/mol. The zero-order chi connectivity index (χ0) is 13.7. The normalized spacial score (nSPS) is 18.8. The lowest BCUT2D eigenvalue weighted by Gasteiger charge is -2.16. The minimum absolute atomic E-state index is 0.207. The highest BCUT2D eigenvalue weighted by Gasteiger charge is 2.25. The highest BCUT2D eigenvalue weighted by Crippen LogP contribution is 2.22. The summed E-state index contributed by atoms with van der Waals surface area (Å²) < 4.78 is 5.14. The van der Waals surface area contributed by atoms with Gasteiger partial charge in [-0.3, -0.25) is 4.79 Å². The van der Waals surface area contributed by atoms with Crippen LogP contribution >= 0.6 is 23.4 Å². The molecule has 0 spiro atoms. The average molecular weight is 300 g/mol. The summed E-state index contributed by atoms with van der Waals surface area (Å²) in [6.07, 6.45) is 1.05. The molecule has 0 saturated carbocycles. The van der Waals surface area contributed by atoms with Crippen LogP contribution in [-0.2, 0) is 9.53 Å². The standard InChI is InChI=1S/C14H18ClNO2S/c1-18-9-11-6-7-16(8-11)14(17)10-19-13-4-2-12(15)3-5-13/h2-5,11H,6-10H2,1H3. The molecular weight excluding hydrogens is 282 g/mol. The van der Waals surface area contributed by atoms with Crippen molar-refractivity contribution in [3.63, 3.8) is 0 Å². The number of carbonyl (C=O) groups excluding carboxylic acids is 1. The second-order valence-corrected chi connectivity index (χ2v) is 6.18. The molecule has 104 valence electrons. The number of amides is 1. The SMILES string of the molecule is COCC1CCN(C(=O)CSc2ccc(Cl)cc2)C1. The Bertz CT molecular complexity index is 424. The van der Waals surface area contributed by atoms with Crippen LogP contribution in [0.1, 0.15) is 6.42 Å². The fraction of sp³-hybridized carbons (Fsp3) is 0.500. The summed E-state index contributed by atoms with van der Waals surface area (Å²) in [6, 6.07) is 7.58. The Morgan fingerprint density at radius 1 is 1.47 bits per heavy atom. The minimum atomic E-state index is 0.207. The van der Waals surface area contributed by atoms with Crippen molar-refractivity contribution in [2.24, 2.45) is 5.92 Å². The molecule has 5 heteroatoms. The number of nitrogens with zero attached hydrogens (tertiary/aromatic N) is 1. The number of rotatable bonds is 5. The van der Waals surface area contributed by atoms with Crippen LogP contribution in [0.25, 0.3) is 0 Å². The molecule has 0 radical (unpaired) electrons. The van der Waals surface area contributed by atoms with Gasteiger partial charge in [0.15, 0.2) is 0 Å². The van der Waals surface area contributed by atoms with Crippen molar-refractivity contribution in [2.45, 2.75) is 11.3 Å². The summed E-state index contributed by atoms with van der Waals surface area (Å²) in [4.78, 5) is 15.1. The molecular formula is C14H18ClNO2S. The van der Waals surface area contributed by atoms with Gasteiger partial charge in [-0.2, -0.15) is 0 Å². The Morgan fingerprint density at radius 2 is 2.21 bits per heavy atom. The first-order chi connectivity index (χ1) is 9.19. The molecule has 0 bridgehead atoms. The lowest BCUT2D eigenvalue weighted by atomic mass is 10.1. The van der Waals surface area contributed by atoms with E-state index >= 15 is 0 Å². The van der Waals surface area contributed by atoms with E-state index in [1.54, 1.807) is 18.9 Å². The predicted octanol–water partition coefficient (Wildman–Crippen LogP) is 2.93. The molecule has 3 nitrogen and oxygen atoms in total. The number of ether oxygens (including phenoxy) is 1. The summed E-state index contributed by atoms with van der Waals surface area (Å²) in [5, 5.41) is 0.720. The van der Waals surface area contributed by atoms with Crippen molar-refractivity contribution in [3.8, 4) is 0 Å². The summed E-state index contributed by atoms with van der Waals surface area (Å²) in [5.41, 5.74) is 0. The largest absolute Gasteiger partial charge is 0.384 e. The molecule has 1 heterocycles. The molecule has 1 aromatic rings. The second kappa shape index (κ2) is 7.17. The van der Waals surface area contributed by atoms with Crippen LogP contribution in [0.2, 0.25) is 5.02 Å². The molecule has 1 aromatic carbocycles. The van der Waals surface area contributed by atoms with Crippen LogP contribution in [0.4, 0.5) is 0 Å². The number of methoxy groups -OCH3 is 1. The first-order valence-corrected chi connectivity index (χ1v) is 7.70. The van der Waals surface area contributed by atoms with Crippen molar-refractivity contribution in [1.82, 2.24) is 4.90 Å². The maximum absolute atomic E-state index is 12.1. The van der Waals surface area contributed by atoms with Crippen LogP contribution < -0.4 is 0 Å². The van der Waals surface area contributed by atoms with Crippen molar-refractivity contribution in [2.75, 3.05) is 32.6 Å². The molecule has 1 aliphatic heterocycles. The van der Waals surface area contributed by atoms with Gasteiger partial charge in [0.2, 0.25) is 5.91 Å². The van der Waals surface area contributed by atoms with Gasteiger partial charge in [0, 0.05) is 36.0 Å². The minimum Gasteiger partial charge on any atom is -0.384 e. The van der Waals surface area contributed by atoms with Crippen molar-refractivity contribution in [3.05, 3.63) is 29.3 Å². The second-order valence-electron chi connectivity index (χ2n) is 4.69. The van der Waals surface area contributed by atoms with Crippen LogP contribution in [0.3, 0.4) is 0 Å². The molecule has 2 rings (SSSR count). The Hall–Kier alpha value is -0.710. The molecule has 1 atom stereocenters. The molecule has 0 N–H and O–H groups in total. The van der Waals surface area contributed by atoms with E-state index in [-0.39, 0.29) is 5.91 Å². The number of likely N-dealkylation sites (tertiary alicyclic amines) is 1. The van der Waals surface area contributed by atoms with Gasteiger partial charge in [0.1, 0.15) is 0 Å². The highest BCUT2D eigenvalue weighted by atomic mass is 35.5. The van der Waals surface area contributed by atoms with Crippen molar-refractivity contribution < 1.29 is 9.53 Å². The quantitative estimate of drug-likeness (QED) is 0.783. The Morgan fingerprint density at radius 3 is 2.89 bits per heavy atom. The van der Waals surface area contributed by atoms with E-state index < -0.39 is 0 Å². The molecule has 1 amide bonds. The van der Waals surface area contributed by atoms with E-state index in [1.807, 2.05) is 29.2 Å². The Kier molecular flexibility index (Phi) is 5.55. The summed E-state index contributed by atoms with van der Waals surface area (Å²) >= 11 is 7.39. The Labute approximate surface area is 123 Å². The molecule has 1 unspecified atom stereocenters. The van der Waals surface area contributed by atoms with E-state index in [1.165, 1.54) is 0 Å². The van der Waals surface area contributed by atoms with Crippen molar-refractivity contribution in [1.29, 1.82) is 0 Å². The van der Waals surface area contributed by atoms with Crippen LogP contribution in [0.5, 0.6) is 0 Å². The first-order valence-electron chi connectivity index (χ1n) is 6.34. The lowest BCUT2D eigenvalue weighted by molar-refractivity contribution is -0.127. The van der Waals surface area contributed by atoms with E-state index in [0.29, 0.717) is 11.7 Å². The summed E-state index contributed by atoms with van der Waals surface area (Å²) in [5.74, 6) is 1.19. The third kappa shape index (κ3) is 4.41. The fourth-order valence-corrected chi connectivity index (χ4v) is 3.13. The molecule has 0 aromatic heterocycles. The van der Waals surface area contributed by atoms with Gasteiger partial charge in [-0.05, 0) is 30.7 Å².